The van der Waals surface area contributed by atoms with Crippen LogP contribution < -0.4 is 14.2 Å². The van der Waals surface area contributed by atoms with Gasteiger partial charge in [0.05, 0.1) is 4.92 Å². The first-order valence-electron chi connectivity index (χ1n) is 11.8. The molecule has 1 saturated heterocycles. The SMILES string of the molecule is Cc1cc(OCc2cccc(C(=O)N3CCN(Cc4ccc5c(c4)OCO5)CC3)c2)ccc1[N+](=O)[O-]. The van der Waals surface area contributed by atoms with Crippen molar-refractivity contribution in [3.05, 3.63) is 93.0 Å². The van der Waals surface area contributed by atoms with Crippen LogP contribution in [0.25, 0.3) is 0 Å². The van der Waals surface area contributed by atoms with Crippen LogP contribution in [0, 0.1) is 17.0 Å². The van der Waals surface area contributed by atoms with E-state index in [0.29, 0.717) is 30.0 Å². The van der Waals surface area contributed by atoms with Crippen LogP contribution in [-0.2, 0) is 13.2 Å². The van der Waals surface area contributed by atoms with Gasteiger partial charge < -0.3 is 19.1 Å². The molecule has 0 aliphatic carbocycles. The van der Waals surface area contributed by atoms with E-state index in [0.717, 1.165) is 42.3 Å². The molecule has 186 valence electrons. The van der Waals surface area contributed by atoms with Gasteiger partial charge in [-0.05, 0) is 54.4 Å². The maximum Gasteiger partial charge on any atom is 0.272 e. The second-order valence-electron chi connectivity index (χ2n) is 8.95. The molecule has 1 fully saturated rings. The third-order valence-corrected chi connectivity index (χ3v) is 6.45. The number of ether oxygens (including phenoxy) is 3. The molecule has 2 heterocycles. The van der Waals surface area contributed by atoms with Crippen LogP contribution in [-0.4, -0.2) is 53.6 Å². The summed E-state index contributed by atoms with van der Waals surface area (Å²) < 4.78 is 16.7. The summed E-state index contributed by atoms with van der Waals surface area (Å²) in [5, 5.41) is 11.0. The van der Waals surface area contributed by atoms with Gasteiger partial charge in [-0.25, -0.2) is 0 Å². The standard InChI is InChI=1S/C27H27N3O6/c1-19-13-23(6-7-24(19)30(32)33)34-17-21-3-2-4-22(14-21)27(31)29-11-9-28(10-12-29)16-20-5-8-25-26(15-20)36-18-35-25/h2-8,13-15H,9-12,16-18H2,1H3. The van der Waals surface area contributed by atoms with E-state index in [1.807, 2.05) is 41.3 Å². The zero-order valence-corrected chi connectivity index (χ0v) is 20.0. The van der Waals surface area contributed by atoms with E-state index < -0.39 is 4.92 Å². The number of hydrogen-bond donors (Lipinski definition) is 0. The van der Waals surface area contributed by atoms with E-state index in [-0.39, 0.29) is 25.0 Å². The van der Waals surface area contributed by atoms with Crippen molar-refractivity contribution < 1.29 is 23.9 Å². The molecule has 3 aromatic rings. The maximum absolute atomic E-state index is 13.1. The molecule has 0 bridgehead atoms. The Labute approximate surface area is 208 Å². The Balaban J connectivity index is 1.15. The molecule has 0 radical (unpaired) electrons. The molecule has 2 aliphatic rings. The lowest BCUT2D eigenvalue weighted by atomic mass is 10.1. The quantitative estimate of drug-likeness (QED) is 0.363. The predicted octanol–water partition coefficient (Wildman–Crippen LogP) is 4.17. The van der Waals surface area contributed by atoms with Gasteiger partial charge in [0.1, 0.15) is 12.4 Å². The first kappa shape index (κ1) is 23.6. The number of carbonyl (C=O) groups excluding carboxylic acids is 1. The van der Waals surface area contributed by atoms with Gasteiger partial charge >= 0.3 is 0 Å². The molecule has 36 heavy (non-hydrogen) atoms. The van der Waals surface area contributed by atoms with Gasteiger partial charge in [-0.15, -0.1) is 0 Å². The van der Waals surface area contributed by atoms with Crippen molar-refractivity contribution in [1.29, 1.82) is 0 Å². The molecule has 9 heteroatoms. The van der Waals surface area contributed by atoms with E-state index >= 15 is 0 Å². The smallest absolute Gasteiger partial charge is 0.272 e. The third kappa shape index (κ3) is 5.26. The van der Waals surface area contributed by atoms with Gasteiger partial charge in [0, 0.05) is 49.9 Å². The van der Waals surface area contributed by atoms with Crippen LogP contribution >= 0.6 is 0 Å². The van der Waals surface area contributed by atoms with Crippen molar-refractivity contribution in [2.75, 3.05) is 33.0 Å². The molecule has 0 spiro atoms. The predicted molar refractivity (Wildman–Crippen MR) is 132 cm³/mol. The lowest BCUT2D eigenvalue weighted by Gasteiger charge is -2.34. The number of amides is 1. The fraction of sp³-hybridized carbons (Fsp3) is 0.296. The molecular weight excluding hydrogens is 462 g/mol. The van der Waals surface area contributed by atoms with Crippen LogP contribution in [0.5, 0.6) is 17.2 Å². The molecule has 1 amide bonds. The molecule has 0 saturated carbocycles. The van der Waals surface area contributed by atoms with E-state index in [2.05, 4.69) is 11.0 Å². The van der Waals surface area contributed by atoms with Crippen LogP contribution in [0.2, 0.25) is 0 Å². The largest absolute Gasteiger partial charge is 0.489 e. The highest BCUT2D eigenvalue weighted by molar-refractivity contribution is 5.94. The number of piperazine rings is 1. The Bertz CT molecular complexity index is 1290. The zero-order valence-electron chi connectivity index (χ0n) is 20.0. The van der Waals surface area contributed by atoms with E-state index in [1.54, 1.807) is 19.1 Å². The van der Waals surface area contributed by atoms with Crippen molar-refractivity contribution in [3.8, 4) is 17.2 Å². The number of aryl methyl sites for hydroxylation is 1. The number of nitrogens with zero attached hydrogens (tertiary/aromatic N) is 3. The molecular formula is C27H27N3O6. The summed E-state index contributed by atoms with van der Waals surface area (Å²) in [7, 11) is 0. The minimum absolute atomic E-state index is 0.00533. The second-order valence-corrected chi connectivity index (χ2v) is 8.95. The number of nitro groups is 1. The first-order chi connectivity index (χ1) is 17.5. The number of fused-ring (bicyclic) bond motifs is 1. The highest BCUT2D eigenvalue weighted by atomic mass is 16.7. The summed E-state index contributed by atoms with van der Waals surface area (Å²) in [6, 6.07) is 18.1. The van der Waals surface area contributed by atoms with Crippen molar-refractivity contribution in [2.24, 2.45) is 0 Å². The van der Waals surface area contributed by atoms with Gasteiger partial charge in [-0.2, -0.15) is 0 Å². The fourth-order valence-corrected chi connectivity index (χ4v) is 4.47. The van der Waals surface area contributed by atoms with E-state index in [4.69, 9.17) is 14.2 Å². The van der Waals surface area contributed by atoms with Crippen LogP contribution in [0.3, 0.4) is 0 Å². The molecule has 2 aliphatic heterocycles. The lowest BCUT2D eigenvalue weighted by molar-refractivity contribution is -0.385. The Morgan fingerprint density at radius 3 is 2.56 bits per heavy atom. The molecule has 9 nitrogen and oxygen atoms in total. The summed E-state index contributed by atoms with van der Waals surface area (Å²) in [4.78, 5) is 27.9. The summed E-state index contributed by atoms with van der Waals surface area (Å²) in [6.45, 7) is 5.92. The Hall–Kier alpha value is -4.11. The van der Waals surface area contributed by atoms with Gasteiger partial charge in [0.15, 0.2) is 11.5 Å². The summed E-state index contributed by atoms with van der Waals surface area (Å²) in [6.07, 6.45) is 0. The van der Waals surface area contributed by atoms with Gasteiger partial charge in [-0.3, -0.25) is 19.8 Å². The normalized spacial score (nSPS) is 15.1. The van der Waals surface area contributed by atoms with E-state index in [1.165, 1.54) is 6.07 Å². The highest BCUT2D eigenvalue weighted by Gasteiger charge is 2.23. The summed E-state index contributed by atoms with van der Waals surface area (Å²) in [5.41, 5.74) is 3.25. The van der Waals surface area contributed by atoms with Crippen molar-refractivity contribution in [3.63, 3.8) is 0 Å². The highest BCUT2D eigenvalue weighted by Crippen LogP contribution is 2.33. The third-order valence-electron chi connectivity index (χ3n) is 6.45. The second kappa shape index (κ2) is 10.2. The number of hydrogen-bond acceptors (Lipinski definition) is 7. The average molecular weight is 490 g/mol. The molecule has 0 unspecified atom stereocenters. The molecule has 3 aromatic carbocycles. The van der Waals surface area contributed by atoms with Gasteiger partial charge in [-0.1, -0.05) is 18.2 Å². The lowest BCUT2D eigenvalue weighted by Crippen LogP contribution is -2.48. The minimum atomic E-state index is -0.411. The van der Waals surface area contributed by atoms with Gasteiger partial charge in [0.2, 0.25) is 6.79 Å². The molecule has 5 rings (SSSR count). The van der Waals surface area contributed by atoms with Crippen LogP contribution in [0.15, 0.2) is 60.7 Å². The monoisotopic (exact) mass is 489 g/mol. The average Bonchev–Trinajstić information content (AvgIpc) is 3.35. The van der Waals surface area contributed by atoms with Gasteiger partial charge in [0.25, 0.3) is 11.6 Å². The maximum atomic E-state index is 13.1. The summed E-state index contributed by atoms with van der Waals surface area (Å²) >= 11 is 0. The minimum Gasteiger partial charge on any atom is -0.489 e. The summed E-state index contributed by atoms with van der Waals surface area (Å²) in [5.74, 6) is 2.12. The number of rotatable bonds is 7. The Kier molecular flexibility index (Phi) is 6.73. The number of benzene rings is 3. The van der Waals surface area contributed by atoms with Crippen molar-refractivity contribution in [1.82, 2.24) is 9.80 Å². The topological polar surface area (TPSA) is 94.4 Å². The number of nitro benzene ring substituents is 1. The number of carbonyl (C=O) groups is 1. The zero-order chi connectivity index (χ0) is 25.1. The fourth-order valence-electron chi connectivity index (χ4n) is 4.47. The van der Waals surface area contributed by atoms with Crippen molar-refractivity contribution >= 4 is 11.6 Å². The molecule has 0 aromatic heterocycles. The van der Waals surface area contributed by atoms with Crippen LogP contribution in [0.4, 0.5) is 5.69 Å². The first-order valence-corrected chi connectivity index (χ1v) is 11.8. The van der Waals surface area contributed by atoms with E-state index in [9.17, 15) is 14.9 Å². The molecule has 0 atom stereocenters. The Morgan fingerprint density at radius 2 is 1.78 bits per heavy atom. The Morgan fingerprint density at radius 1 is 0.972 bits per heavy atom. The van der Waals surface area contributed by atoms with Crippen LogP contribution in [0.1, 0.15) is 27.0 Å². The van der Waals surface area contributed by atoms with Crippen molar-refractivity contribution in [2.45, 2.75) is 20.1 Å². The molecule has 0 N–H and O–H groups in total.